The van der Waals surface area contributed by atoms with Crippen LogP contribution in [0.2, 0.25) is 0 Å². The van der Waals surface area contributed by atoms with Gasteiger partial charge in [-0.15, -0.1) is 0 Å². The second-order valence-corrected chi connectivity index (χ2v) is 12.4. The second-order valence-electron chi connectivity index (χ2n) is 10.4. The summed E-state index contributed by atoms with van der Waals surface area (Å²) in [6.45, 7) is 2.95. The maximum absolute atomic E-state index is 13.0. The van der Waals surface area contributed by atoms with Crippen molar-refractivity contribution < 1.29 is 17.9 Å². The summed E-state index contributed by atoms with van der Waals surface area (Å²) in [5, 5.41) is 3.19. The summed E-state index contributed by atoms with van der Waals surface area (Å²) in [7, 11) is -3.52. The Labute approximate surface area is 224 Å². The van der Waals surface area contributed by atoms with Crippen LogP contribution < -0.4 is 5.32 Å². The van der Waals surface area contributed by atoms with Crippen LogP contribution in [0.5, 0.6) is 0 Å². The zero-order valence-corrected chi connectivity index (χ0v) is 22.4. The number of aromatic nitrogens is 1. The smallest absolute Gasteiger partial charge is 0.317 e. The van der Waals surface area contributed by atoms with Crippen molar-refractivity contribution in [1.82, 2.24) is 19.5 Å². The first-order valence-electron chi connectivity index (χ1n) is 13.6. The summed E-state index contributed by atoms with van der Waals surface area (Å²) >= 11 is 0. The minimum atomic E-state index is -3.52. The molecule has 1 aromatic heterocycles. The molecule has 1 aromatic carbocycles. The molecule has 2 aromatic rings. The van der Waals surface area contributed by atoms with Crippen LogP contribution in [0.15, 0.2) is 59.1 Å². The average molecular weight is 535 g/mol. The summed E-state index contributed by atoms with van der Waals surface area (Å²) < 4.78 is 32.7. The van der Waals surface area contributed by atoms with Gasteiger partial charge in [0.2, 0.25) is 10.0 Å². The fraction of sp³-hybridized carbons (Fsp3) is 0.448. The molecule has 0 spiro atoms. The highest BCUT2D eigenvalue weighted by atomic mass is 32.2. The number of amides is 2. The molecule has 2 fully saturated rings. The molecule has 0 radical (unpaired) electrons. The molecule has 6 rings (SSSR count). The van der Waals surface area contributed by atoms with E-state index in [1.54, 1.807) is 12.1 Å². The van der Waals surface area contributed by atoms with Crippen LogP contribution in [-0.2, 0) is 21.2 Å². The quantitative estimate of drug-likeness (QED) is 0.626. The Balaban J connectivity index is 1.16. The highest BCUT2D eigenvalue weighted by Crippen LogP contribution is 2.37. The monoisotopic (exact) mass is 534 g/mol. The maximum Gasteiger partial charge on any atom is 0.317 e. The van der Waals surface area contributed by atoms with Crippen molar-refractivity contribution in [3.63, 3.8) is 0 Å². The molecule has 1 N–H and O–H groups in total. The molecule has 2 aliphatic heterocycles. The van der Waals surface area contributed by atoms with E-state index in [0.29, 0.717) is 50.3 Å². The molecule has 38 heavy (non-hydrogen) atoms. The van der Waals surface area contributed by atoms with E-state index >= 15 is 0 Å². The number of pyridine rings is 1. The standard InChI is InChI=1S/C29H34N4O4S/c34-29(31-24-3-1-2-4-24)32-13-11-22(12-14-32)26-9-10-28-27(26)19-23(20-30-28)21-5-7-25(8-6-21)38(35,36)33-15-17-37-18-16-33/h5-9,11,19-20,24H,1-4,10,12-18H2,(H,31,34). The van der Waals surface area contributed by atoms with Crippen molar-refractivity contribution in [2.24, 2.45) is 0 Å². The van der Waals surface area contributed by atoms with Gasteiger partial charge >= 0.3 is 6.03 Å². The molecule has 9 heteroatoms. The number of hydrogen-bond donors (Lipinski definition) is 1. The Morgan fingerprint density at radius 1 is 1.00 bits per heavy atom. The van der Waals surface area contributed by atoms with Gasteiger partial charge in [0.25, 0.3) is 0 Å². The predicted octanol–water partition coefficient (Wildman–Crippen LogP) is 3.99. The zero-order chi connectivity index (χ0) is 26.1. The maximum atomic E-state index is 13.0. The molecular formula is C29H34N4O4S. The van der Waals surface area contributed by atoms with Crippen molar-refractivity contribution in [3.8, 4) is 11.1 Å². The van der Waals surface area contributed by atoms with Gasteiger partial charge in [0.1, 0.15) is 0 Å². The number of hydrogen-bond acceptors (Lipinski definition) is 5. The number of ether oxygens (including phenoxy) is 1. The lowest BCUT2D eigenvalue weighted by Crippen LogP contribution is -2.45. The van der Waals surface area contributed by atoms with E-state index in [1.165, 1.54) is 28.3 Å². The Hall–Kier alpha value is -3.01. The van der Waals surface area contributed by atoms with Crippen LogP contribution in [0.1, 0.15) is 43.4 Å². The SMILES string of the molecule is O=C(NC1CCCC1)N1CC=C(C2=CCc3ncc(-c4ccc(S(=O)(=O)N5CCOCC5)cc4)cc32)CC1. The lowest BCUT2D eigenvalue weighted by molar-refractivity contribution is 0.0730. The number of nitrogens with one attached hydrogen (secondary N) is 1. The first-order chi connectivity index (χ1) is 18.5. The van der Waals surface area contributed by atoms with E-state index in [4.69, 9.17) is 9.72 Å². The minimum Gasteiger partial charge on any atom is -0.379 e. The summed E-state index contributed by atoms with van der Waals surface area (Å²) in [5.74, 6) is 0. The molecule has 0 bridgehead atoms. The van der Waals surface area contributed by atoms with Gasteiger partial charge in [0, 0.05) is 56.0 Å². The molecule has 200 valence electrons. The van der Waals surface area contributed by atoms with Gasteiger partial charge in [-0.25, -0.2) is 13.2 Å². The van der Waals surface area contributed by atoms with Gasteiger partial charge in [-0.05, 0) is 54.2 Å². The van der Waals surface area contributed by atoms with Crippen LogP contribution in [0, 0.1) is 0 Å². The Bertz CT molecular complexity index is 1370. The van der Waals surface area contributed by atoms with Crippen LogP contribution in [-0.4, -0.2) is 74.1 Å². The van der Waals surface area contributed by atoms with Crippen molar-refractivity contribution >= 4 is 21.6 Å². The van der Waals surface area contributed by atoms with Crippen molar-refractivity contribution in [1.29, 1.82) is 0 Å². The van der Waals surface area contributed by atoms with E-state index in [1.807, 2.05) is 23.2 Å². The van der Waals surface area contributed by atoms with Gasteiger partial charge in [0.05, 0.1) is 23.8 Å². The Morgan fingerprint density at radius 3 is 2.47 bits per heavy atom. The number of carbonyl (C=O) groups excluding carboxylic acids is 1. The summed E-state index contributed by atoms with van der Waals surface area (Å²) in [6, 6.07) is 9.61. The third-order valence-corrected chi connectivity index (χ3v) is 9.99. The number of rotatable bonds is 5. The topological polar surface area (TPSA) is 91.8 Å². The number of urea groups is 1. The van der Waals surface area contributed by atoms with Gasteiger partial charge in [-0.3, -0.25) is 4.98 Å². The van der Waals surface area contributed by atoms with Gasteiger partial charge < -0.3 is 15.0 Å². The van der Waals surface area contributed by atoms with E-state index in [9.17, 15) is 13.2 Å². The second kappa shape index (κ2) is 10.6. The van der Waals surface area contributed by atoms with Gasteiger partial charge in [0.15, 0.2) is 0 Å². The molecule has 4 aliphatic rings. The number of carbonyl (C=O) groups is 1. The highest BCUT2D eigenvalue weighted by Gasteiger charge is 2.27. The third-order valence-electron chi connectivity index (χ3n) is 8.08. The molecule has 1 saturated heterocycles. The Morgan fingerprint density at radius 2 is 1.76 bits per heavy atom. The first kappa shape index (κ1) is 25.3. The van der Waals surface area contributed by atoms with Crippen LogP contribution >= 0.6 is 0 Å². The predicted molar refractivity (Wildman–Crippen MR) is 146 cm³/mol. The normalized spacial score (nSPS) is 20.7. The van der Waals surface area contributed by atoms with Gasteiger partial charge in [-0.1, -0.05) is 37.1 Å². The number of morpholine rings is 1. The summed E-state index contributed by atoms with van der Waals surface area (Å²) in [4.78, 5) is 19.6. The fourth-order valence-corrected chi connectivity index (χ4v) is 7.26. The largest absolute Gasteiger partial charge is 0.379 e. The number of benzene rings is 1. The molecular weight excluding hydrogens is 500 g/mol. The van der Waals surface area contributed by atoms with Crippen molar-refractivity contribution in [3.05, 3.63) is 65.5 Å². The van der Waals surface area contributed by atoms with E-state index in [0.717, 1.165) is 48.1 Å². The molecule has 0 unspecified atom stereocenters. The first-order valence-corrected chi connectivity index (χ1v) is 15.1. The highest BCUT2D eigenvalue weighted by molar-refractivity contribution is 7.89. The number of fused-ring (bicyclic) bond motifs is 1. The average Bonchev–Trinajstić information content (AvgIpc) is 3.63. The molecule has 3 heterocycles. The lowest BCUT2D eigenvalue weighted by atomic mass is 9.94. The van der Waals surface area contributed by atoms with Crippen molar-refractivity contribution in [2.75, 3.05) is 39.4 Å². The van der Waals surface area contributed by atoms with E-state index in [2.05, 4.69) is 23.5 Å². The molecule has 8 nitrogen and oxygen atoms in total. The number of nitrogens with zero attached hydrogens (tertiary/aromatic N) is 3. The molecule has 2 aliphatic carbocycles. The number of allylic oxidation sites excluding steroid dienone is 2. The van der Waals surface area contributed by atoms with E-state index in [-0.39, 0.29) is 6.03 Å². The molecule has 0 atom stereocenters. The Kier molecular flexibility index (Phi) is 7.07. The summed E-state index contributed by atoms with van der Waals surface area (Å²) in [6.07, 6.45) is 12.5. The van der Waals surface area contributed by atoms with Crippen LogP contribution in [0.3, 0.4) is 0 Å². The molecule has 1 saturated carbocycles. The third kappa shape index (κ3) is 5.02. The summed E-state index contributed by atoms with van der Waals surface area (Å²) in [5.41, 5.74) is 6.54. The number of sulfonamides is 1. The van der Waals surface area contributed by atoms with Crippen LogP contribution in [0.4, 0.5) is 4.79 Å². The fourth-order valence-electron chi connectivity index (χ4n) is 5.85. The minimum absolute atomic E-state index is 0.0519. The lowest BCUT2D eigenvalue weighted by Gasteiger charge is -2.28. The van der Waals surface area contributed by atoms with E-state index < -0.39 is 10.0 Å². The van der Waals surface area contributed by atoms with Gasteiger partial charge in [-0.2, -0.15) is 4.31 Å². The molecule has 2 amide bonds. The van der Waals surface area contributed by atoms with Crippen LogP contribution in [0.25, 0.3) is 16.7 Å². The van der Waals surface area contributed by atoms with Crippen molar-refractivity contribution in [2.45, 2.75) is 49.5 Å². The zero-order valence-electron chi connectivity index (χ0n) is 21.6.